The lowest BCUT2D eigenvalue weighted by Gasteiger charge is -2.43. The van der Waals surface area contributed by atoms with Crippen molar-refractivity contribution in [2.24, 2.45) is 5.92 Å². The Bertz CT molecular complexity index is 1500. The Morgan fingerprint density at radius 1 is 0.974 bits per heavy atom. The van der Waals surface area contributed by atoms with Gasteiger partial charge in [0.1, 0.15) is 5.70 Å². The topological polar surface area (TPSA) is 71.4 Å². The van der Waals surface area contributed by atoms with Gasteiger partial charge >= 0.3 is 6.18 Å². The van der Waals surface area contributed by atoms with Crippen molar-refractivity contribution < 1.29 is 22.8 Å². The summed E-state index contributed by atoms with van der Waals surface area (Å²) in [4.78, 5) is 40.8. The molecule has 0 aliphatic carbocycles. The van der Waals surface area contributed by atoms with Gasteiger partial charge < -0.3 is 14.8 Å². The average molecular weight is 586 g/mol. The monoisotopic (exact) mass is 585 g/mol. The fourth-order valence-corrected chi connectivity index (χ4v) is 5.66. The highest BCUT2D eigenvalue weighted by atomic mass is 79.9. The first-order chi connectivity index (χ1) is 18.1. The van der Waals surface area contributed by atoms with Crippen LogP contribution in [0.3, 0.4) is 0 Å². The number of carbonyl (C=O) groups excluding carboxylic acids is 2. The van der Waals surface area contributed by atoms with Gasteiger partial charge in [-0.2, -0.15) is 13.2 Å². The summed E-state index contributed by atoms with van der Waals surface area (Å²) in [5.41, 5.74) is 0.193. The second kappa shape index (κ2) is 10.2. The maximum Gasteiger partial charge on any atom is 0.416 e. The van der Waals surface area contributed by atoms with E-state index in [4.69, 9.17) is 0 Å². The Labute approximate surface area is 224 Å². The highest BCUT2D eigenvalue weighted by Crippen LogP contribution is 2.35. The minimum absolute atomic E-state index is 0.0408. The summed E-state index contributed by atoms with van der Waals surface area (Å²) in [7, 11) is 0. The van der Waals surface area contributed by atoms with Crippen LogP contribution in [0.5, 0.6) is 0 Å². The lowest BCUT2D eigenvalue weighted by atomic mass is 9.83. The van der Waals surface area contributed by atoms with Crippen LogP contribution in [0.25, 0.3) is 6.08 Å². The van der Waals surface area contributed by atoms with E-state index in [2.05, 4.69) is 21.2 Å². The number of pyridine rings is 1. The first-order valence-electron chi connectivity index (χ1n) is 12.0. The van der Waals surface area contributed by atoms with Crippen LogP contribution in [0, 0.1) is 5.92 Å². The number of hydrogen-bond donors (Lipinski definition) is 1. The normalized spacial score (nSPS) is 19.1. The number of nitrogens with one attached hydrogen (secondary N) is 1. The van der Waals surface area contributed by atoms with Gasteiger partial charge in [-0.15, -0.1) is 0 Å². The molecule has 2 amide bonds. The van der Waals surface area contributed by atoms with E-state index in [-0.39, 0.29) is 34.2 Å². The first-order valence-corrected chi connectivity index (χ1v) is 12.8. The highest BCUT2D eigenvalue weighted by molar-refractivity contribution is 9.10. The zero-order chi connectivity index (χ0) is 27.0. The standard InChI is InChI=1S/C28H23BrF3N3O3/c29-22-8-2-1-7-21(22)26(37)33-23(13-17-5-3-6-20(12-17)28(30,31)32)27(38)34-14-18-11-19(16-34)24-9-4-10-25(36)35(24)15-18/h1-10,12-13,18-19H,11,14-16H2,(H,33,37)/b23-13-. The number of fused-ring (bicyclic) bond motifs is 4. The fourth-order valence-electron chi connectivity index (χ4n) is 5.19. The number of alkyl halides is 3. The number of hydrogen-bond acceptors (Lipinski definition) is 3. The second-order valence-electron chi connectivity index (χ2n) is 9.52. The number of nitrogens with zero attached hydrogens (tertiary/aromatic N) is 2. The molecule has 1 N–H and O–H groups in total. The van der Waals surface area contributed by atoms with E-state index < -0.39 is 23.6 Å². The Hall–Kier alpha value is -3.66. The molecule has 38 heavy (non-hydrogen) atoms. The third kappa shape index (κ3) is 5.31. The Kier molecular flexibility index (Phi) is 7.00. The highest BCUT2D eigenvalue weighted by Gasteiger charge is 2.37. The summed E-state index contributed by atoms with van der Waals surface area (Å²) in [5, 5.41) is 2.64. The number of benzene rings is 2. The molecule has 1 aromatic heterocycles. The van der Waals surface area contributed by atoms with Crippen LogP contribution in [0.1, 0.15) is 39.5 Å². The van der Waals surface area contributed by atoms with Gasteiger partial charge in [-0.25, -0.2) is 0 Å². The van der Waals surface area contributed by atoms with Crippen molar-refractivity contribution in [2.75, 3.05) is 13.1 Å². The van der Waals surface area contributed by atoms with Crippen LogP contribution in [0.4, 0.5) is 13.2 Å². The number of piperidine rings is 1. The van der Waals surface area contributed by atoms with Crippen molar-refractivity contribution >= 4 is 33.8 Å². The van der Waals surface area contributed by atoms with Crippen molar-refractivity contribution in [3.63, 3.8) is 0 Å². The summed E-state index contributed by atoms with van der Waals surface area (Å²) in [6.07, 6.45) is -2.46. The second-order valence-corrected chi connectivity index (χ2v) is 10.4. The van der Waals surface area contributed by atoms with E-state index in [0.717, 1.165) is 24.2 Å². The molecule has 6 nitrogen and oxygen atoms in total. The van der Waals surface area contributed by atoms with E-state index in [1.54, 1.807) is 39.8 Å². The third-order valence-corrected chi connectivity index (χ3v) is 7.58. The van der Waals surface area contributed by atoms with Gasteiger partial charge in [0.25, 0.3) is 17.4 Å². The quantitative estimate of drug-likeness (QED) is 0.436. The zero-order valence-corrected chi connectivity index (χ0v) is 21.6. The molecule has 2 unspecified atom stereocenters. The molecule has 2 aliphatic heterocycles. The minimum atomic E-state index is -4.55. The molecule has 3 heterocycles. The fraction of sp³-hybridized carbons (Fsp3) is 0.250. The van der Waals surface area contributed by atoms with Crippen molar-refractivity contribution in [3.8, 4) is 0 Å². The Morgan fingerprint density at radius 2 is 1.74 bits per heavy atom. The largest absolute Gasteiger partial charge is 0.416 e. The number of amides is 2. The van der Waals surface area contributed by atoms with E-state index in [1.807, 2.05) is 6.07 Å². The molecule has 1 fully saturated rings. The van der Waals surface area contributed by atoms with Gasteiger partial charge in [0.05, 0.1) is 11.1 Å². The molecule has 2 bridgehead atoms. The van der Waals surface area contributed by atoms with Crippen molar-refractivity contribution in [1.29, 1.82) is 0 Å². The number of halogens is 4. The number of carbonyl (C=O) groups is 2. The molecular formula is C28H23BrF3N3O3. The van der Waals surface area contributed by atoms with Gasteiger partial charge in [-0.05, 0) is 70.2 Å². The molecule has 0 radical (unpaired) electrons. The minimum Gasteiger partial charge on any atom is -0.336 e. The number of aromatic nitrogens is 1. The van der Waals surface area contributed by atoms with Crippen LogP contribution < -0.4 is 10.9 Å². The van der Waals surface area contributed by atoms with Crippen molar-refractivity contribution in [3.05, 3.63) is 110 Å². The van der Waals surface area contributed by atoms with Gasteiger partial charge in [-0.3, -0.25) is 14.4 Å². The Morgan fingerprint density at radius 3 is 2.50 bits per heavy atom. The average Bonchev–Trinajstić information content (AvgIpc) is 2.88. The van der Waals surface area contributed by atoms with Gasteiger partial charge in [-0.1, -0.05) is 30.3 Å². The molecule has 0 saturated carbocycles. The van der Waals surface area contributed by atoms with E-state index in [0.29, 0.717) is 24.1 Å². The molecule has 5 rings (SSSR count). The number of rotatable bonds is 4. The van der Waals surface area contributed by atoms with Crippen molar-refractivity contribution in [2.45, 2.75) is 25.1 Å². The van der Waals surface area contributed by atoms with Crippen LogP contribution in [-0.2, 0) is 17.5 Å². The van der Waals surface area contributed by atoms with Crippen molar-refractivity contribution in [1.82, 2.24) is 14.8 Å². The van der Waals surface area contributed by atoms with Gasteiger partial charge in [0.2, 0.25) is 0 Å². The van der Waals surface area contributed by atoms with Crippen LogP contribution in [-0.4, -0.2) is 34.4 Å². The zero-order valence-electron chi connectivity index (χ0n) is 20.0. The lowest BCUT2D eigenvalue weighted by molar-refractivity contribution is -0.137. The van der Waals surface area contributed by atoms with E-state index >= 15 is 0 Å². The maximum atomic E-state index is 13.8. The molecule has 1 saturated heterocycles. The summed E-state index contributed by atoms with van der Waals surface area (Å²) in [6.45, 7) is 1.16. The Balaban J connectivity index is 1.48. The molecular weight excluding hydrogens is 563 g/mol. The molecule has 3 aromatic rings. The van der Waals surface area contributed by atoms with E-state index in [1.165, 1.54) is 24.3 Å². The van der Waals surface area contributed by atoms with Crippen LogP contribution in [0.15, 0.2) is 81.7 Å². The SMILES string of the molecule is O=C(N/C(=C\c1cccc(C(F)(F)F)c1)C(=O)N1CC2CC(C1)c1cccc(=O)n1C2)c1ccccc1Br. The summed E-state index contributed by atoms with van der Waals surface area (Å²) < 4.78 is 42.2. The maximum absolute atomic E-state index is 13.8. The predicted octanol–water partition coefficient (Wildman–Crippen LogP) is 5.05. The molecule has 196 valence electrons. The first kappa shape index (κ1) is 26.0. The smallest absolute Gasteiger partial charge is 0.336 e. The van der Waals surface area contributed by atoms with Gasteiger partial charge in [0.15, 0.2) is 0 Å². The van der Waals surface area contributed by atoms with E-state index in [9.17, 15) is 27.6 Å². The molecule has 10 heteroatoms. The molecule has 2 atom stereocenters. The summed E-state index contributed by atoms with van der Waals surface area (Å²) in [6, 6.07) is 16.3. The third-order valence-electron chi connectivity index (χ3n) is 6.89. The lowest BCUT2D eigenvalue weighted by Crippen LogP contribution is -2.50. The predicted molar refractivity (Wildman–Crippen MR) is 139 cm³/mol. The molecule has 2 aliphatic rings. The van der Waals surface area contributed by atoms with Crippen LogP contribution >= 0.6 is 15.9 Å². The summed E-state index contributed by atoms with van der Waals surface area (Å²) in [5.74, 6) is -1.09. The van der Waals surface area contributed by atoms with Gasteiger partial charge in [0, 0.05) is 41.8 Å². The number of likely N-dealkylation sites (tertiary alicyclic amines) is 1. The summed E-state index contributed by atoms with van der Waals surface area (Å²) >= 11 is 3.32. The molecule has 2 aromatic carbocycles. The molecule has 0 spiro atoms. The van der Waals surface area contributed by atoms with Crippen LogP contribution in [0.2, 0.25) is 0 Å².